The van der Waals surface area contributed by atoms with Gasteiger partial charge in [0.1, 0.15) is 0 Å². The zero-order chi connectivity index (χ0) is 26.6. The molecule has 0 aromatic heterocycles. The fraction of sp³-hybridized carbons (Fsp3) is 0.500. The van der Waals surface area contributed by atoms with Gasteiger partial charge in [-0.2, -0.15) is 11.8 Å². The van der Waals surface area contributed by atoms with Crippen LogP contribution in [0.25, 0.3) is 11.1 Å². The number of carboxylic acid groups (broad SMARTS) is 1. The largest absolute Gasteiger partial charge is 1.00 e. The Morgan fingerprint density at radius 1 is 1.00 bits per heavy atom. The van der Waals surface area contributed by atoms with E-state index in [-0.39, 0.29) is 30.8 Å². The van der Waals surface area contributed by atoms with Crippen LogP contribution in [-0.4, -0.2) is 41.9 Å². The molecule has 0 aliphatic heterocycles. The summed E-state index contributed by atoms with van der Waals surface area (Å²) in [5.74, 6) is -1.06. The van der Waals surface area contributed by atoms with Gasteiger partial charge in [0.15, 0.2) is 0 Å². The standard InChI is InChI=1S/C30H40N2O4S.Li/c1-21-10-8-9-13-24(21)26-20-22(15-17-28(33)31-23-11-6-4-3-5-7-12-23)14-16-25(26)29(34)32-27(30(35)36)18-19-37-2;/h8-10,13-14,16,20,23,27H,3-7,11-12,15,17-19H2,1-2H3,(H,31,33)(H,32,34)(H,35,36);/q;+1/p-1/t27-;/m0./s1. The molecular weight excluding hydrogens is 491 g/mol. The molecule has 1 atom stereocenters. The maximum absolute atomic E-state index is 13.2. The van der Waals surface area contributed by atoms with Crippen molar-refractivity contribution in [1.82, 2.24) is 10.6 Å². The fourth-order valence-electron chi connectivity index (χ4n) is 4.92. The molecule has 0 unspecified atom stereocenters. The van der Waals surface area contributed by atoms with Crippen molar-refractivity contribution in [3.05, 3.63) is 59.2 Å². The van der Waals surface area contributed by atoms with E-state index in [0.29, 0.717) is 30.6 Å². The SMILES string of the molecule is CSCC[C@H](NC(=O)c1ccc(CCC(=O)NC2CCCCCCC2)cc1-c1ccccc1C)C(=O)[O-].[Li+]. The number of aryl methyl sites for hydroxylation is 2. The van der Waals surface area contributed by atoms with Crippen LogP contribution >= 0.6 is 11.8 Å². The van der Waals surface area contributed by atoms with E-state index in [0.717, 1.165) is 35.1 Å². The van der Waals surface area contributed by atoms with Gasteiger partial charge in [-0.1, -0.05) is 68.5 Å². The summed E-state index contributed by atoms with van der Waals surface area (Å²) in [7, 11) is 0. The molecule has 2 N–H and O–H groups in total. The van der Waals surface area contributed by atoms with Crippen molar-refractivity contribution in [2.45, 2.75) is 83.2 Å². The van der Waals surface area contributed by atoms with Crippen LogP contribution in [-0.2, 0) is 16.0 Å². The second-order valence-electron chi connectivity index (χ2n) is 9.93. The van der Waals surface area contributed by atoms with E-state index >= 15 is 0 Å². The van der Waals surface area contributed by atoms with Gasteiger partial charge in [0, 0.05) is 18.0 Å². The van der Waals surface area contributed by atoms with Gasteiger partial charge < -0.3 is 20.5 Å². The minimum atomic E-state index is -1.29. The van der Waals surface area contributed by atoms with Gasteiger partial charge in [-0.25, -0.2) is 0 Å². The molecule has 2 amide bonds. The van der Waals surface area contributed by atoms with Crippen molar-refractivity contribution in [3.8, 4) is 11.1 Å². The number of aliphatic carboxylic acids is 1. The van der Waals surface area contributed by atoms with Crippen molar-refractivity contribution in [2.24, 2.45) is 0 Å². The maximum Gasteiger partial charge on any atom is 1.00 e. The summed E-state index contributed by atoms with van der Waals surface area (Å²) in [6.45, 7) is 1.98. The molecule has 0 bridgehead atoms. The number of carbonyl (C=O) groups is 3. The number of amides is 2. The van der Waals surface area contributed by atoms with E-state index in [1.54, 1.807) is 6.07 Å². The first kappa shape index (κ1) is 32.0. The van der Waals surface area contributed by atoms with Crippen molar-refractivity contribution >= 4 is 29.5 Å². The predicted octanol–water partition coefficient (Wildman–Crippen LogP) is 1.43. The smallest absolute Gasteiger partial charge is 0.548 e. The van der Waals surface area contributed by atoms with Gasteiger partial charge >= 0.3 is 18.9 Å². The average molecular weight is 531 g/mol. The summed E-state index contributed by atoms with van der Waals surface area (Å²) in [6, 6.07) is 12.6. The monoisotopic (exact) mass is 530 g/mol. The van der Waals surface area contributed by atoms with Crippen molar-refractivity contribution in [1.29, 1.82) is 0 Å². The zero-order valence-electron chi connectivity index (χ0n) is 23.0. The van der Waals surface area contributed by atoms with Crippen LogP contribution in [0.4, 0.5) is 0 Å². The van der Waals surface area contributed by atoms with Crippen LogP contribution in [0, 0.1) is 6.92 Å². The molecule has 0 heterocycles. The second-order valence-corrected chi connectivity index (χ2v) is 10.9. The molecule has 1 fully saturated rings. The number of thioether (sulfide) groups is 1. The average Bonchev–Trinajstić information content (AvgIpc) is 2.86. The van der Waals surface area contributed by atoms with Crippen LogP contribution in [0.2, 0.25) is 0 Å². The van der Waals surface area contributed by atoms with Crippen molar-refractivity contribution in [3.63, 3.8) is 0 Å². The van der Waals surface area contributed by atoms with Gasteiger partial charge in [-0.15, -0.1) is 0 Å². The normalized spacial score (nSPS) is 14.9. The fourth-order valence-corrected chi connectivity index (χ4v) is 5.39. The number of benzene rings is 2. The number of rotatable bonds is 11. The number of nitrogens with one attached hydrogen (secondary N) is 2. The summed E-state index contributed by atoms with van der Waals surface area (Å²) in [4.78, 5) is 37.5. The van der Waals surface area contributed by atoms with Crippen LogP contribution in [0.15, 0.2) is 42.5 Å². The Labute approximate surface area is 243 Å². The Bertz CT molecular complexity index is 1070. The molecule has 0 radical (unpaired) electrons. The van der Waals surface area contributed by atoms with Gasteiger partial charge in [-0.3, -0.25) is 9.59 Å². The predicted molar refractivity (Wildman–Crippen MR) is 148 cm³/mol. The Hall–Kier alpha value is -2.20. The van der Waals surface area contributed by atoms with E-state index in [9.17, 15) is 19.5 Å². The van der Waals surface area contributed by atoms with E-state index in [2.05, 4.69) is 10.6 Å². The van der Waals surface area contributed by atoms with Gasteiger partial charge in [-0.05, 0) is 72.9 Å². The molecule has 38 heavy (non-hydrogen) atoms. The van der Waals surface area contributed by atoms with Crippen LogP contribution in [0.1, 0.15) is 79.3 Å². The topological polar surface area (TPSA) is 98.3 Å². The van der Waals surface area contributed by atoms with Crippen LogP contribution < -0.4 is 34.6 Å². The van der Waals surface area contributed by atoms with Crippen LogP contribution in [0.5, 0.6) is 0 Å². The quantitative estimate of drug-likeness (QED) is 0.429. The first-order valence-electron chi connectivity index (χ1n) is 13.4. The number of hydrogen-bond acceptors (Lipinski definition) is 5. The summed E-state index contributed by atoms with van der Waals surface area (Å²) >= 11 is 1.52. The molecule has 3 rings (SSSR count). The molecule has 0 saturated heterocycles. The molecule has 0 spiro atoms. The zero-order valence-corrected chi connectivity index (χ0v) is 23.8. The minimum absolute atomic E-state index is 0. The molecule has 8 heteroatoms. The summed E-state index contributed by atoms with van der Waals surface area (Å²) < 4.78 is 0. The first-order chi connectivity index (χ1) is 17.9. The summed E-state index contributed by atoms with van der Waals surface area (Å²) in [6.07, 6.45) is 11.4. The Morgan fingerprint density at radius 3 is 2.34 bits per heavy atom. The molecular formula is C30H39LiN2O4S. The van der Waals surface area contributed by atoms with Crippen molar-refractivity contribution in [2.75, 3.05) is 12.0 Å². The van der Waals surface area contributed by atoms with Crippen LogP contribution in [0.3, 0.4) is 0 Å². The summed E-state index contributed by atoms with van der Waals surface area (Å²) in [5.41, 5.74) is 4.02. The first-order valence-corrected chi connectivity index (χ1v) is 14.8. The third-order valence-corrected chi connectivity index (χ3v) is 7.72. The molecule has 200 valence electrons. The summed E-state index contributed by atoms with van der Waals surface area (Å²) in [5, 5.41) is 17.5. The van der Waals surface area contributed by atoms with Gasteiger partial charge in [0.25, 0.3) is 5.91 Å². The van der Waals surface area contributed by atoms with E-state index in [4.69, 9.17) is 0 Å². The van der Waals surface area contributed by atoms with E-state index in [1.807, 2.05) is 49.6 Å². The van der Waals surface area contributed by atoms with E-state index < -0.39 is 17.9 Å². The number of carbonyl (C=O) groups excluding carboxylic acids is 3. The molecule has 6 nitrogen and oxygen atoms in total. The molecule has 2 aromatic carbocycles. The molecule has 1 aliphatic rings. The molecule has 1 saturated carbocycles. The van der Waals surface area contributed by atoms with Gasteiger partial charge in [0.2, 0.25) is 5.91 Å². The number of hydrogen-bond donors (Lipinski definition) is 2. The molecule has 2 aromatic rings. The third kappa shape index (κ3) is 9.84. The van der Waals surface area contributed by atoms with E-state index in [1.165, 1.54) is 43.9 Å². The second kappa shape index (κ2) is 16.7. The minimum Gasteiger partial charge on any atom is -0.548 e. The Morgan fingerprint density at radius 2 is 1.68 bits per heavy atom. The number of carboxylic acids is 1. The Kier molecular flexibility index (Phi) is 14.1. The van der Waals surface area contributed by atoms with Crippen molar-refractivity contribution < 1.29 is 38.4 Å². The Balaban J connectivity index is 0.00000507. The maximum atomic E-state index is 13.2. The van der Waals surface area contributed by atoms with Gasteiger partial charge in [0.05, 0.1) is 12.0 Å². The molecule has 1 aliphatic carbocycles. The third-order valence-electron chi connectivity index (χ3n) is 7.08.